The van der Waals surface area contributed by atoms with Gasteiger partial charge in [-0.3, -0.25) is 0 Å². The Hall–Kier alpha value is -0.170. The summed E-state index contributed by atoms with van der Waals surface area (Å²) >= 11 is 0. The highest BCUT2D eigenvalue weighted by Gasteiger charge is 2.45. The van der Waals surface area contributed by atoms with Crippen molar-refractivity contribution in [3.05, 3.63) is 0 Å². The number of hydrogen-bond donors (Lipinski definition) is 2. The van der Waals surface area contributed by atoms with Crippen LogP contribution in [0.25, 0.3) is 0 Å². The molecule has 0 aromatic carbocycles. The SMILES string of the molecule is CCCN(C1(CN)CCCC1)S(=O)(=O)NC1CC1. The van der Waals surface area contributed by atoms with Crippen LogP contribution in [0.15, 0.2) is 0 Å². The molecule has 0 radical (unpaired) electrons. The van der Waals surface area contributed by atoms with Crippen molar-refractivity contribution in [2.75, 3.05) is 13.1 Å². The van der Waals surface area contributed by atoms with Gasteiger partial charge in [0, 0.05) is 24.7 Å². The molecule has 0 bridgehead atoms. The van der Waals surface area contributed by atoms with Crippen molar-refractivity contribution in [3.8, 4) is 0 Å². The monoisotopic (exact) mass is 275 g/mol. The van der Waals surface area contributed by atoms with Crippen LogP contribution in [0.3, 0.4) is 0 Å². The van der Waals surface area contributed by atoms with E-state index in [0.717, 1.165) is 44.9 Å². The highest BCUT2D eigenvalue weighted by atomic mass is 32.2. The largest absolute Gasteiger partial charge is 0.329 e. The van der Waals surface area contributed by atoms with Gasteiger partial charge >= 0.3 is 0 Å². The molecule has 0 heterocycles. The van der Waals surface area contributed by atoms with E-state index in [0.29, 0.717) is 13.1 Å². The lowest BCUT2D eigenvalue weighted by Gasteiger charge is -2.39. The Labute approximate surface area is 110 Å². The van der Waals surface area contributed by atoms with Crippen LogP contribution in [0.2, 0.25) is 0 Å². The third kappa shape index (κ3) is 2.87. The molecule has 0 spiro atoms. The van der Waals surface area contributed by atoms with Gasteiger partial charge in [0.15, 0.2) is 0 Å². The molecular formula is C12H25N3O2S. The second kappa shape index (κ2) is 5.45. The molecule has 5 nitrogen and oxygen atoms in total. The van der Waals surface area contributed by atoms with E-state index in [9.17, 15) is 8.42 Å². The maximum Gasteiger partial charge on any atom is 0.280 e. The lowest BCUT2D eigenvalue weighted by atomic mass is 9.98. The van der Waals surface area contributed by atoms with Crippen molar-refractivity contribution < 1.29 is 8.42 Å². The van der Waals surface area contributed by atoms with Crippen LogP contribution in [-0.4, -0.2) is 37.4 Å². The summed E-state index contributed by atoms with van der Waals surface area (Å²) in [6, 6.07) is 0.158. The number of nitrogens with two attached hydrogens (primary N) is 1. The second-order valence-corrected chi connectivity index (χ2v) is 7.23. The molecule has 2 saturated carbocycles. The zero-order valence-electron chi connectivity index (χ0n) is 11.2. The Bertz CT molecular complexity index is 373. The predicted octanol–water partition coefficient (Wildman–Crippen LogP) is 0.967. The summed E-state index contributed by atoms with van der Waals surface area (Å²) in [5.41, 5.74) is 5.57. The fourth-order valence-corrected chi connectivity index (χ4v) is 4.85. The third-order valence-corrected chi connectivity index (χ3v) is 5.83. The minimum Gasteiger partial charge on any atom is -0.329 e. The molecule has 18 heavy (non-hydrogen) atoms. The molecule has 3 N–H and O–H groups in total. The Morgan fingerprint density at radius 1 is 1.33 bits per heavy atom. The number of nitrogens with zero attached hydrogens (tertiary/aromatic N) is 1. The van der Waals surface area contributed by atoms with E-state index in [-0.39, 0.29) is 11.6 Å². The molecule has 0 aromatic heterocycles. The molecule has 0 amide bonds. The molecule has 2 rings (SSSR count). The molecule has 0 aliphatic heterocycles. The Morgan fingerprint density at radius 3 is 2.39 bits per heavy atom. The first-order valence-electron chi connectivity index (χ1n) is 7.04. The van der Waals surface area contributed by atoms with Crippen LogP contribution in [0.5, 0.6) is 0 Å². The number of nitrogens with one attached hydrogen (secondary N) is 1. The lowest BCUT2D eigenvalue weighted by Crippen LogP contribution is -2.58. The Balaban J connectivity index is 2.19. The van der Waals surface area contributed by atoms with Gasteiger partial charge in [-0.25, -0.2) is 0 Å². The molecule has 2 aliphatic rings. The van der Waals surface area contributed by atoms with Crippen molar-refractivity contribution in [2.24, 2.45) is 5.73 Å². The van der Waals surface area contributed by atoms with Gasteiger partial charge in [0.25, 0.3) is 10.2 Å². The summed E-state index contributed by atoms with van der Waals surface area (Å²) in [6.45, 7) is 3.01. The van der Waals surface area contributed by atoms with Crippen LogP contribution in [0.1, 0.15) is 51.9 Å². The molecule has 2 fully saturated rings. The Kier molecular flexibility index (Phi) is 4.31. The van der Waals surface area contributed by atoms with Crippen molar-refractivity contribution in [1.82, 2.24) is 9.03 Å². The Morgan fingerprint density at radius 2 is 1.94 bits per heavy atom. The first kappa shape index (κ1) is 14.2. The van der Waals surface area contributed by atoms with E-state index in [1.54, 1.807) is 4.31 Å². The molecule has 106 valence electrons. The first-order valence-corrected chi connectivity index (χ1v) is 8.48. The van der Waals surface area contributed by atoms with Gasteiger partial charge < -0.3 is 5.73 Å². The van der Waals surface area contributed by atoms with E-state index < -0.39 is 10.2 Å². The van der Waals surface area contributed by atoms with Crippen LogP contribution in [-0.2, 0) is 10.2 Å². The van der Waals surface area contributed by atoms with E-state index >= 15 is 0 Å². The van der Waals surface area contributed by atoms with Gasteiger partial charge in [0.2, 0.25) is 0 Å². The average molecular weight is 275 g/mol. The summed E-state index contributed by atoms with van der Waals surface area (Å²) in [5, 5.41) is 0. The standard InChI is InChI=1S/C12H25N3O2S/c1-2-9-15(12(10-13)7-3-4-8-12)18(16,17)14-11-5-6-11/h11,14H,2-10,13H2,1H3. The fourth-order valence-electron chi connectivity index (χ4n) is 2.88. The summed E-state index contributed by atoms with van der Waals surface area (Å²) in [5.74, 6) is 0. The fraction of sp³-hybridized carbons (Fsp3) is 1.00. The molecule has 6 heteroatoms. The second-order valence-electron chi connectivity index (χ2n) is 5.60. The van der Waals surface area contributed by atoms with Crippen LogP contribution >= 0.6 is 0 Å². The third-order valence-electron chi connectivity index (χ3n) is 4.05. The lowest BCUT2D eigenvalue weighted by molar-refractivity contribution is 0.195. The van der Waals surface area contributed by atoms with E-state index in [2.05, 4.69) is 4.72 Å². The van der Waals surface area contributed by atoms with Crippen molar-refractivity contribution >= 4 is 10.2 Å². The van der Waals surface area contributed by atoms with Gasteiger partial charge in [-0.2, -0.15) is 17.4 Å². The summed E-state index contributed by atoms with van der Waals surface area (Å²) in [7, 11) is -3.37. The van der Waals surface area contributed by atoms with Crippen molar-refractivity contribution in [3.63, 3.8) is 0 Å². The van der Waals surface area contributed by atoms with Gasteiger partial charge in [0.05, 0.1) is 0 Å². The summed E-state index contributed by atoms with van der Waals surface area (Å²) < 4.78 is 29.4. The average Bonchev–Trinajstić information content (AvgIpc) is 3.00. The topological polar surface area (TPSA) is 75.4 Å². The number of hydrogen-bond acceptors (Lipinski definition) is 3. The maximum absolute atomic E-state index is 12.5. The molecular weight excluding hydrogens is 250 g/mol. The summed E-state index contributed by atoms with van der Waals surface area (Å²) in [6.07, 6.45) is 6.72. The van der Waals surface area contributed by atoms with E-state index in [1.165, 1.54) is 0 Å². The molecule has 0 unspecified atom stereocenters. The van der Waals surface area contributed by atoms with E-state index in [1.807, 2.05) is 6.92 Å². The van der Waals surface area contributed by atoms with Gasteiger partial charge in [-0.1, -0.05) is 19.8 Å². The van der Waals surface area contributed by atoms with Crippen LogP contribution < -0.4 is 10.5 Å². The number of rotatable bonds is 7. The summed E-state index contributed by atoms with van der Waals surface area (Å²) in [4.78, 5) is 0. The maximum atomic E-state index is 12.5. The van der Waals surface area contributed by atoms with Gasteiger partial charge in [-0.15, -0.1) is 0 Å². The minimum atomic E-state index is -3.37. The van der Waals surface area contributed by atoms with Crippen molar-refractivity contribution in [2.45, 2.75) is 63.5 Å². The highest BCUT2D eigenvalue weighted by Crippen LogP contribution is 2.36. The predicted molar refractivity (Wildman–Crippen MR) is 72.3 cm³/mol. The molecule has 0 aromatic rings. The van der Waals surface area contributed by atoms with Crippen LogP contribution in [0.4, 0.5) is 0 Å². The smallest absolute Gasteiger partial charge is 0.280 e. The van der Waals surface area contributed by atoms with Gasteiger partial charge in [0.1, 0.15) is 0 Å². The zero-order chi connectivity index (χ0) is 13.2. The quantitative estimate of drug-likeness (QED) is 0.727. The van der Waals surface area contributed by atoms with Gasteiger partial charge in [-0.05, 0) is 32.1 Å². The normalized spacial score (nSPS) is 23.7. The molecule has 2 aliphatic carbocycles. The minimum absolute atomic E-state index is 0.158. The molecule has 0 saturated heterocycles. The zero-order valence-corrected chi connectivity index (χ0v) is 12.0. The molecule has 0 atom stereocenters. The first-order chi connectivity index (χ1) is 8.54. The highest BCUT2D eigenvalue weighted by molar-refractivity contribution is 7.87. The van der Waals surface area contributed by atoms with Crippen molar-refractivity contribution in [1.29, 1.82) is 0 Å². The van der Waals surface area contributed by atoms with Crippen LogP contribution in [0, 0.1) is 0 Å². The van der Waals surface area contributed by atoms with E-state index in [4.69, 9.17) is 5.73 Å².